The number of aromatic nitrogens is 1. The fourth-order valence-corrected chi connectivity index (χ4v) is 4.82. The molecule has 0 atom stereocenters. The van der Waals surface area contributed by atoms with Crippen LogP contribution in [0.25, 0.3) is 10.9 Å². The number of carbonyl (C=O) groups excluding carboxylic acids is 1. The highest BCUT2D eigenvalue weighted by Crippen LogP contribution is 2.31. The lowest BCUT2D eigenvalue weighted by molar-refractivity contribution is 0.0747. The number of fused-ring (bicyclic) bond motifs is 1. The standard InChI is InChI=1S/C29H24F2N4O2/c1-19-2-11-26-24(16-19)27(25(17-32)29(37)35(26)18-20-3-7-22(30)8-4-20)33-12-14-34(15-13-33)28(36)21-5-9-23(31)10-6-21/h2-11,16H,12-15,18H2,1H3. The van der Waals surface area contributed by atoms with Crippen LogP contribution in [0.5, 0.6) is 0 Å². The molecule has 3 aromatic carbocycles. The van der Waals surface area contributed by atoms with Crippen molar-refractivity contribution in [3.05, 3.63) is 111 Å². The van der Waals surface area contributed by atoms with Crippen LogP contribution in [0.15, 0.2) is 71.5 Å². The van der Waals surface area contributed by atoms with Crippen molar-refractivity contribution in [2.24, 2.45) is 0 Å². The molecule has 0 aliphatic carbocycles. The Balaban J connectivity index is 1.51. The van der Waals surface area contributed by atoms with Crippen LogP contribution in [0.1, 0.15) is 27.0 Å². The molecule has 0 N–H and O–H groups in total. The minimum Gasteiger partial charge on any atom is -0.366 e. The van der Waals surface area contributed by atoms with Crippen LogP contribution in [0, 0.1) is 29.9 Å². The molecule has 1 aromatic heterocycles. The second-order valence-corrected chi connectivity index (χ2v) is 9.16. The molecule has 8 heteroatoms. The van der Waals surface area contributed by atoms with Gasteiger partial charge in [-0.15, -0.1) is 0 Å². The van der Waals surface area contributed by atoms with Gasteiger partial charge in [0, 0.05) is 37.1 Å². The Morgan fingerprint density at radius 3 is 2.16 bits per heavy atom. The van der Waals surface area contributed by atoms with Crippen molar-refractivity contribution in [2.75, 3.05) is 31.1 Å². The van der Waals surface area contributed by atoms with E-state index in [2.05, 4.69) is 6.07 Å². The van der Waals surface area contributed by atoms with Gasteiger partial charge >= 0.3 is 0 Å². The van der Waals surface area contributed by atoms with E-state index in [-0.39, 0.29) is 23.8 Å². The molecule has 0 bridgehead atoms. The summed E-state index contributed by atoms with van der Waals surface area (Å²) in [6.07, 6.45) is 0. The second kappa shape index (κ2) is 9.86. The van der Waals surface area contributed by atoms with Crippen molar-refractivity contribution < 1.29 is 13.6 Å². The number of nitriles is 1. The van der Waals surface area contributed by atoms with Crippen molar-refractivity contribution in [2.45, 2.75) is 13.5 Å². The maximum absolute atomic E-state index is 13.6. The highest BCUT2D eigenvalue weighted by Gasteiger charge is 2.27. The summed E-state index contributed by atoms with van der Waals surface area (Å²) in [6, 6.07) is 19.3. The highest BCUT2D eigenvalue weighted by molar-refractivity contribution is 5.96. The Morgan fingerprint density at radius 2 is 1.54 bits per heavy atom. The number of hydrogen-bond acceptors (Lipinski definition) is 4. The molecule has 2 heterocycles. The van der Waals surface area contributed by atoms with Crippen molar-refractivity contribution in [1.29, 1.82) is 5.26 Å². The van der Waals surface area contributed by atoms with Crippen LogP contribution in [0.3, 0.4) is 0 Å². The van der Waals surface area contributed by atoms with Crippen LogP contribution in [-0.2, 0) is 6.54 Å². The summed E-state index contributed by atoms with van der Waals surface area (Å²) in [5.74, 6) is -0.945. The molecule has 37 heavy (non-hydrogen) atoms. The lowest BCUT2D eigenvalue weighted by Gasteiger charge is -2.37. The molecular weight excluding hydrogens is 474 g/mol. The quantitative estimate of drug-likeness (QED) is 0.416. The average Bonchev–Trinajstić information content (AvgIpc) is 2.91. The minimum atomic E-state index is -0.414. The number of amides is 1. The molecule has 186 valence electrons. The number of rotatable bonds is 4. The number of aryl methyl sites for hydroxylation is 1. The third-order valence-corrected chi connectivity index (χ3v) is 6.73. The molecule has 1 aliphatic heterocycles. The number of piperazine rings is 1. The Hall–Kier alpha value is -4.51. The fraction of sp³-hybridized carbons (Fsp3) is 0.207. The lowest BCUT2D eigenvalue weighted by Crippen LogP contribution is -2.49. The second-order valence-electron chi connectivity index (χ2n) is 9.16. The first-order valence-electron chi connectivity index (χ1n) is 12.0. The molecule has 6 nitrogen and oxygen atoms in total. The molecule has 0 unspecified atom stereocenters. The molecule has 0 radical (unpaired) electrons. The smallest absolute Gasteiger partial charge is 0.271 e. The molecule has 1 amide bonds. The highest BCUT2D eigenvalue weighted by atomic mass is 19.1. The van der Waals surface area contributed by atoms with E-state index in [1.807, 2.05) is 30.0 Å². The summed E-state index contributed by atoms with van der Waals surface area (Å²) in [6.45, 7) is 3.82. The van der Waals surface area contributed by atoms with E-state index in [0.717, 1.165) is 16.5 Å². The number of benzene rings is 3. The number of halogens is 2. The third-order valence-electron chi connectivity index (χ3n) is 6.73. The summed E-state index contributed by atoms with van der Waals surface area (Å²) < 4.78 is 28.2. The van der Waals surface area contributed by atoms with Gasteiger partial charge in [-0.3, -0.25) is 9.59 Å². The lowest BCUT2D eigenvalue weighted by atomic mass is 10.0. The van der Waals surface area contributed by atoms with Gasteiger partial charge < -0.3 is 14.4 Å². The summed E-state index contributed by atoms with van der Waals surface area (Å²) >= 11 is 0. The van der Waals surface area contributed by atoms with Crippen LogP contribution >= 0.6 is 0 Å². The number of nitrogens with zero attached hydrogens (tertiary/aromatic N) is 4. The van der Waals surface area contributed by atoms with Crippen LogP contribution in [-0.4, -0.2) is 41.6 Å². The van der Waals surface area contributed by atoms with Gasteiger partial charge in [-0.05, 0) is 61.0 Å². The van der Waals surface area contributed by atoms with Crippen molar-refractivity contribution >= 4 is 22.5 Å². The molecule has 1 aliphatic rings. The SMILES string of the molecule is Cc1ccc2c(c1)c(N1CCN(C(=O)c3ccc(F)cc3)CC1)c(C#N)c(=O)n2Cc1ccc(F)cc1. The van der Waals surface area contributed by atoms with Crippen molar-refractivity contribution in [3.8, 4) is 6.07 Å². The van der Waals surface area contributed by atoms with E-state index in [1.54, 1.807) is 21.6 Å². The summed E-state index contributed by atoms with van der Waals surface area (Å²) in [5, 5.41) is 10.8. The molecule has 0 spiro atoms. The molecule has 4 aromatic rings. The molecule has 1 saturated heterocycles. The average molecular weight is 499 g/mol. The maximum atomic E-state index is 13.6. The van der Waals surface area contributed by atoms with E-state index in [9.17, 15) is 23.6 Å². The van der Waals surface area contributed by atoms with Crippen molar-refractivity contribution in [1.82, 2.24) is 9.47 Å². The number of carbonyl (C=O) groups is 1. The normalized spacial score (nSPS) is 13.6. The number of pyridine rings is 1. The Kier molecular flexibility index (Phi) is 6.45. The van der Waals surface area contributed by atoms with E-state index in [1.165, 1.54) is 36.4 Å². The Bertz CT molecular complexity index is 1580. The third kappa shape index (κ3) is 4.68. The number of anilines is 1. The molecule has 1 fully saturated rings. The zero-order valence-electron chi connectivity index (χ0n) is 20.2. The maximum Gasteiger partial charge on any atom is 0.271 e. The van der Waals surface area contributed by atoms with Gasteiger partial charge in [0.1, 0.15) is 23.3 Å². The Morgan fingerprint density at radius 1 is 0.919 bits per heavy atom. The van der Waals surface area contributed by atoms with E-state index in [4.69, 9.17) is 0 Å². The first kappa shape index (κ1) is 24.2. The van der Waals surface area contributed by atoms with E-state index >= 15 is 0 Å². The largest absolute Gasteiger partial charge is 0.366 e. The van der Waals surface area contributed by atoms with Gasteiger partial charge in [0.2, 0.25) is 0 Å². The summed E-state index contributed by atoms with van der Waals surface area (Å²) in [5.41, 5.74) is 3.01. The molecule has 5 rings (SSSR count). The predicted octanol–water partition coefficient (Wildman–Crippen LogP) is 4.47. The predicted molar refractivity (Wildman–Crippen MR) is 138 cm³/mol. The van der Waals surface area contributed by atoms with Gasteiger partial charge in [-0.1, -0.05) is 23.8 Å². The zero-order valence-corrected chi connectivity index (χ0v) is 20.2. The summed E-state index contributed by atoms with van der Waals surface area (Å²) in [4.78, 5) is 30.1. The fourth-order valence-electron chi connectivity index (χ4n) is 4.82. The van der Waals surface area contributed by atoms with Crippen LogP contribution in [0.4, 0.5) is 14.5 Å². The van der Waals surface area contributed by atoms with Crippen molar-refractivity contribution in [3.63, 3.8) is 0 Å². The molecule has 0 saturated carbocycles. The topological polar surface area (TPSA) is 69.3 Å². The van der Waals surface area contributed by atoms with Crippen LogP contribution in [0.2, 0.25) is 0 Å². The Labute approximate surface area is 212 Å². The van der Waals surface area contributed by atoms with Gasteiger partial charge in [0.05, 0.1) is 17.7 Å². The van der Waals surface area contributed by atoms with E-state index < -0.39 is 11.4 Å². The van der Waals surface area contributed by atoms with Gasteiger partial charge in [-0.25, -0.2) is 8.78 Å². The minimum absolute atomic E-state index is 0.0403. The first-order chi connectivity index (χ1) is 17.9. The van der Waals surface area contributed by atoms with Gasteiger partial charge in [-0.2, -0.15) is 5.26 Å². The van der Waals surface area contributed by atoms with E-state index in [0.29, 0.717) is 42.9 Å². The molecular formula is C29H24F2N4O2. The monoisotopic (exact) mass is 498 g/mol. The first-order valence-corrected chi connectivity index (χ1v) is 12.0. The van der Waals surface area contributed by atoms with Gasteiger partial charge in [0.15, 0.2) is 0 Å². The van der Waals surface area contributed by atoms with Gasteiger partial charge in [0.25, 0.3) is 11.5 Å². The number of hydrogen-bond donors (Lipinski definition) is 0. The summed E-state index contributed by atoms with van der Waals surface area (Å²) in [7, 11) is 0. The van der Waals surface area contributed by atoms with Crippen LogP contribution < -0.4 is 10.5 Å². The zero-order chi connectivity index (χ0) is 26.1.